The Morgan fingerprint density at radius 1 is 1.36 bits per heavy atom. The topological polar surface area (TPSA) is 37.4 Å². The molecular weight excluding hydrogens is 162 g/mol. The van der Waals surface area contributed by atoms with Crippen LogP contribution in [0.25, 0.3) is 0 Å². The smallest absolute Gasteiger partial charge is 0.163 e. The maximum absolute atomic E-state index is 11.1. The molecule has 1 aliphatic rings. The van der Waals surface area contributed by atoms with Crippen LogP contribution in [0.3, 0.4) is 0 Å². The fourth-order valence-electron chi connectivity index (χ4n) is 1.28. The number of nitrogens with zero attached hydrogens (tertiary/aromatic N) is 1. The van der Waals surface area contributed by atoms with Gasteiger partial charge in [-0.3, -0.25) is 4.90 Å². The molecule has 4 heteroatoms. The van der Waals surface area contributed by atoms with Crippen LogP contribution in [0.2, 0.25) is 0 Å². The highest BCUT2D eigenvalue weighted by atomic mass is 32.2. The maximum Gasteiger partial charge on any atom is 0.163 e. The minimum absolute atomic E-state index is 0.255. The molecule has 11 heavy (non-hydrogen) atoms. The highest BCUT2D eigenvalue weighted by Crippen LogP contribution is 2.10. The maximum atomic E-state index is 11.1. The molecule has 0 aromatic rings. The van der Waals surface area contributed by atoms with Gasteiger partial charge in [-0.2, -0.15) is 0 Å². The van der Waals surface area contributed by atoms with Crippen molar-refractivity contribution in [1.29, 1.82) is 0 Å². The molecule has 3 nitrogen and oxygen atoms in total. The van der Waals surface area contributed by atoms with Crippen LogP contribution in [0.1, 0.15) is 20.3 Å². The summed E-state index contributed by atoms with van der Waals surface area (Å²) in [5.41, 5.74) is 0. The van der Waals surface area contributed by atoms with Gasteiger partial charge in [0.05, 0.1) is 5.75 Å². The van der Waals surface area contributed by atoms with Gasteiger partial charge in [-0.15, -0.1) is 0 Å². The van der Waals surface area contributed by atoms with Crippen molar-refractivity contribution in [2.24, 2.45) is 0 Å². The quantitative estimate of drug-likeness (QED) is 0.584. The van der Waals surface area contributed by atoms with Gasteiger partial charge in [0.25, 0.3) is 0 Å². The monoisotopic (exact) mass is 177 g/mol. The third-order valence-electron chi connectivity index (χ3n) is 1.99. The molecule has 0 atom stereocenters. The Hall–Kier alpha value is -0.0900. The van der Waals surface area contributed by atoms with E-state index in [-0.39, 0.29) is 5.88 Å². The molecule has 0 spiro atoms. The van der Waals surface area contributed by atoms with Crippen LogP contribution in [0.4, 0.5) is 0 Å². The molecular formula is C7H15NO2S. The van der Waals surface area contributed by atoms with E-state index in [1.54, 1.807) is 0 Å². The lowest BCUT2D eigenvalue weighted by molar-refractivity contribution is 0.248. The predicted octanol–water partition coefficient (Wildman–Crippen LogP) is 0.473. The van der Waals surface area contributed by atoms with Gasteiger partial charge < -0.3 is 0 Å². The second-order valence-electron chi connectivity index (χ2n) is 3.34. The van der Waals surface area contributed by atoms with Crippen molar-refractivity contribution in [1.82, 2.24) is 4.90 Å². The first kappa shape index (κ1) is 9.00. The summed E-state index contributed by atoms with van der Waals surface area (Å²) in [6, 6.07) is 0.352. The van der Waals surface area contributed by atoms with Crippen molar-refractivity contribution in [2.45, 2.75) is 26.3 Å². The fraction of sp³-hybridized carbons (Fsp3) is 1.00. The van der Waals surface area contributed by atoms with E-state index in [0.717, 1.165) is 13.0 Å². The van der Waals surface area contributed by atoms with Crippen molar-refractivity contribution in [3.05, 3.63) is 0 Å². The summed E-state index contributed by atoms with van der Waals surface area (Å²) in [5.74, 6) is 0.626. The minimum atomic E-state index is -2.75. The molecule has 1 heterocycles. The van der Waals surface area contributed by atoms with Crippen LogP contribution in [0.5, 0.6) is 0 Å². The van der Waals surface area contributed by atoms with Gasteiger partial charge in [0.1, 0.15) is 5.88 Å². The molecule has 0 bridgehead atoms. The first-order valence-corrected chi connectivity index (χ1v) is 5.78. The van der Waals surface area contributed by atoms with Crippen molar-refractivity contribution in [2.75, 3.05) is 18.2 Å². The lowest BCUT2D eigenvalue weighted by Gasteiger charge is -2.29. The second kappa shape index (κ2) is 3.11. The van der Waals surface area contributed by atoms with Gasteiger partial charge >= 0.3 is 0 Å². The van der Waals surface area contributed by atoms with Crippen molar-refractivity contribution in [3.8, 4) is 0 Å². The molecule has 0 amide bonds. The number of rotatable bonds is 1. The molecule has 1 rings (SSSR count). The van der Waals surface area contributed by atoms with E-state index < -0.39 is 9.84 Å². The van der Waals surface area contributed by atoms with E-state index in [2.05, 4.69) is 0 Å². The largest absolute Gasteiger partial charge is 0.287 e. The Bertz CT molecular complexity index is 221. The van der Waals surface area contributed by atoms with Gasteiger partial charge in [0.15, 0.2) is 9.84 Å². The zero-order valence-corrected chi connectivity index (χ0v) is 7.89. The third kappa shape index (κ3) is 2.45. The molecule has 1 saturated heterocycles. The number of hydrogen-bond donors (Lipinski definition) is 0. The first-order chi connectivity index (χ1) is 5.01. The van der Waals surface area contributed by atoms with E-state index in [4.69, 9.17) is 0 Å². The van der Waals surface area contributed by atoms with E-state index in [1.165, 1.54) is 0 Å². The lowest BCUT2D eigenvalue weighted by atomic mass is 10.3. The molecule has 0 aromatic carbocycles. The van der Waals surface area contributed by atoms with Crippen LogP contribution in [0, 0.1) is 0 Å². The average Bonchev–Trinajstić information content (AvgIpc) is 1.85. The van der Waals surface area contributed by atoms with Gasteiger partial charge in [-0.1, -0.05) is 0 Å². The molecule has 0 saturated carbocycles. The summed E-state index contributed by atoms with van der Waals surface area (Å²) >= 11 is 0. The average molecular weight is 177 g/mol. The highest BCUT2D eigenvalue weighted by Gasteiger charge is 2.23. The Labute approximate surface area is 68.3 Å². The summed E-state index contributed by atoms with van der Waals surface area (Å²) in [6.07, 6.45) is 0.792. The molecule has 0 radical (unpaired) electrons. The van der Waals surface area contributed by atoms with Crippen molar-refractivity contribution < 1.29 is 8.42 Å². The summed E-state index contributed by atoms with van der Waals surface area (Å²) in [6.45, 7) is 4.98. The highest BCUT2D eigenvalue weighted by molar-refractivity contribution is 7.91. The molecule has 1 aliphatic heterocycles. The molecule has 0 N–H and O–H groups in total. The van der Waals surface area contributed by atoms with Crippen molar-refractivity contribution in [3.63, 3.8) is 0 Å². The minimum Gasteiger partial charge on any atom is -0.287 e. The Kier molecular flexibility index (Phi) is 2.54. The summed E-state index contributed by atoms with van der Waals surface area (Å²) in [5, 5.41) is 0. The molecule has 1 fully saturated rings. The van der Waals surface area contributed by atoms with Crippen LogP contribution in [-0.2, 0) is 9.84 Å². The second-order valence-corrected chi connectivity index (χ2v) is 5.49. The van der Waals surface area contributed by atoms with Crippen molar-refractivity contribution >= 4 is 9.84 Å². The predicted molar refractivity (Wildman–Crippen MR) is 45.1 cm³/mol. The Morgan fingerprint density at radius 3 is 2.36 bits per heavy atom. The van der Waals surface area contributed by atoms with Gasteiger partial charge in [-0.25, -0.2) is 8.42 Å². The third-order valence-corrected chi connectivity index (χ3v) is 3.63. The zero-order chi connectivity index (χ0) is 8.48. The molecule has 0 unspecified atom stereocenters. The number of hydrogen-bond acceptors (Lipinski definition) is 3. The standard InChI is InChI=1S/C7H15NO2S/c1-7(2)8-4-3-5-11(9,10)6-8/h7H,3-6H2,1-2H3. The summed E-state index contributed by atoms with van der Waals surface area (Å²) in [4.78, 5) is 2.00. The van der Waals surface area contributed by atoms with E-state index >= 15 is 0 Å². The summed E-state index contributed by atoms with van der Waals surface area (Å²) in [7, 11) is -2.75. The normalized spacial score (nSPS) is 25.7. The fourth-order valence-corrected chi connectivity index (χ4v) is 2.91. The van der Waals surface area contributed by atoms with E-state index in [1.807, 2.05) is 18.7 Å². The Balaban J connectivity index is 2.61. The molecule has 0 aliphatic carbocycles. The van der Waals surface area contributed by atoms with Crippen LogP contribution >= 0.6 is 0 Å². The van der Waals surface area contributed by atoms with Crippen LogP contribution in [0.15, 0.2) is 0 Å². The first-order valence-electron chi connectivity index (χ1n) is 3.96. The van der Waals surface area contributed by atoms with Gasteiger partial charge in [0.2, 0.25) is 0 Å². The summed E-state index contributed by atoms with van der Waals surface area (Å²) < 4.78 is 22.2. The van der Waals surface area contributed by atoms with Gasteiger partial charge in [0, 0.05) is 12.6 Å². The molecule has 0 aromatic heterocycles. The zero-order valence-electron chi connectivity index (χ0n) is 7.08. The molecule has 66 valence electrons. The Morgan fingerprint density at radius 2 is 2.00 bits per heavy atom. The van der Waals surface area contributed by atoms with Crippen LogP contribution in [-0.4, -0.2) is 37.5 Å². The lowest BCUT2D eigenvalue weighted by Crippen LogP contribution is -2.41. The van der Waals surface area contributed by atoms with Crippen LogP contribution < -0.4 is 0 Å². The van der Waals surface area contributed by atoms with E-state index in [0.29, 0.717) is 11.8 Å². The number of sulfone groups is 1. The van der Waals surface area contributed by atoms with Gasteiger partial charge in [-0.05, 0) is 20.3 Å². The SMILES string of the molecule is CC(C)N1CCCS(=O)(=O)C1. The van der Waals surface area contributed by atoms with E-state index in [9.17, 15) is 8.42 Å².